The highest BCUT2D eigenvalue weighted by molar-refractivity contribution is 5.86. The molecule has 2 aromatic rings. The number of nitrogens with zero attached hydrogens (tertiary/aromatic N) is 1. The van der Waals surface area contributed by atoms with Crippen LogP contribution in [0.15, 0.2) is 53.6 Å². The average Bonchev–Trinajstić information content (AvgIpc) is 2.60. The van der Waals surface area contributed by atoms with Crippen molar-refractivity contribution in [1.82, 2.24) is 5.43 Å². The van der Waals surface area contributed by atoms with E-state index in [1.54, 1.807) is 24.3 Å². The molecule has 0 aliphatic carbocycles. The predicted octanol–water partition coefficient (Wildman–Crippen LogP) is 2.02. The Morgan fingerprint density at radius 3 is 2.60 bits per heavy atom. The van der Waals surface area contributed by atoms with Crippen LogP contribution in [0.2, 0.25) is 0 Å². The zero-order valence-corrected chi connectivity index (χ0v) is 13.7. The standard InChI is InChI=1S/C18H19N3O4/c1-13-6-8-15(9-7-13)19-11-17(22)21-20-10-14-4-2-3-5-16(14)25-12-18(23)24/h2-10,19H,11-12H2,1H3,(H,21,22)(H,23,24)/b20-10+. The number of aliphatic carboxylic acids is 1. The van der Waals surface area contributed by atoms with Crippen LogP contribution in [0, 0.1) is 6.92 Å². The van der Waals surface area contributed by atoms with Gasteiger partial charge in [-0.25, -0.2) is 10.2 Å². The second-order valence-corrected chi connectivity index (χ2v) is 5.23. The van der Waals surface area contributed by atoms with Gasteiger partial charge in [-0.1, -0.05) is 29.8 Å². The van der Waals surface area contributed by atoms with Crippen molar-refractivity contribution in [3.05, 3.63) is 59.7 Å². The fraction of sp³-hybridized carbons (Fsp3) is 0.167. The van der Waals surface area contributed by atoms with Crippen molar-refractivity contribution < 1.29 is 19.4 Å². The van der Waals surface area contributed by atoms with Gasteiger partial charge in [-0.2, -0.15) is 5.10 Å². The minimum Gasteiger partial charge on any atom is -0.481 e. The first-order valence-corrected chi connectivity index (χ1v) is 7.60. The number of carboxylic acids is 1. The number of nitrogens with one attached hydrogen (secondary N) is 2. The smallest absolute Gasteiger partial charge is 0.341 e. The molecular weight excluding hydrogens is 322 g/mol. The van der Waals surface area contributed by atoms with E-state index < -0.39 is 12.6 Å². The summed E-state index contributed by atoms with van der Waals surface area (Å²) in [7, 11) is 0. The van der Waals surface area contributed by atoms with Gasteiger partial charge in [0.25, 0.3) is 5.91 Å². The van der Waals surface area contributed by atoms with Gasteiger partial charge in [-0.05, 0) is 31.2 Å². The molecule has 130 valence electrons. The molecule has 0 bridgehead atoms. The van der Waals surface area contributed by atoms with E-state index in [4.69, 9.17) is 9.84 Å². The van der Waals surface area contributed by atoms with Crippen LogP contribution in [-0.2, 0) is 9.59 Å². The summed E-state index contributed by atoms with van der Waals surface area (Å²) in [6.07, 6.45) is 1.40. The van der Waals surface area contributed by atoms with Crippen LogP contribution < -0.4 is 15.5 Å². The van der Waals surface area contributed by atoms with Gasteiger partial charge >= 0.3 is 5.97 Å². The summed E-state index contributed by atoms with van der Waals surface area (Å²) in [5.74, 6) is -0.997. The van der Waals surface area contributed by atoms with E-state index in [9.17, 15) is 9.59 Å². The number of carbonyl (C=O) groups is 2. The van der Waals surface area contributed by atoms with E-state index in [0.717, 1.165) is 11.3 Å². The van der Waals surface area contributed by atoms with Crippen molar-refractivity contribution in [2.24, 2.45) is 5.10 Å². The Bertz CT molecular complexity index is 757. The van der Waals surface area contributed by atoms with E-state index in [2.05, 4.69) is 15.8 Å². The molecule has 0 fully saturated rings. The summed E-state index contributed by atoms with van der Waals surface area (Å²) >= 11 is 0. The van der Waals surface area contributed by atoms with Crippen LogP contribution in [0.25, 0.3) is 0 Å². The predicted molar refractivity (Wildman–Crippen MR) is 95.0 cm³/mol. The highest BCUT2D eigenvalue weighted by Crippen LogP contribution is 2.15. The lowest BCUT2D eigenvalue weighted by atomic mass is 10.2. The van der Waals surface area contributed by atoms with Crippen LogP contribution in [0.4, 0.5) is 5.69 Å². The zero-order chi connectivity index (χ0) is 18.1. The first-order chi connectivity index (χ1) is 12.0. The Kier molecular flexibility index (Phi) is 6.53. The van der Waals surface area contributed by atoms with E-state index in [1.807, 2.05) is 31.2 Å². The Hall–Kier alpha value is -3.35. The molecule has 1 amide bonds. The number of rotatable bonds is 8. The van der Waals surface area contributed by atoms with E-state index in [-0.39, 0.29) is 12.5 Å². The van der Waals surface area contributed by atoms with Crippen LogP contribution in [0.1, 0.15) is 11.1 Å². The fourth-order valence-electron chi connectivity index (χ4n) is 1.93. The molecule has 0 saturated heterocycles. The highest BCUT2D eigenvalue weighted by atomic mass is 16.5. The summed E-state index contributed by atoms with van der Waals surface area (Å²) in [4.78, 5) is 22.3. The molecule has 0 unspecified atom stereocenters. The molecule has 7 heteroatoms. The van der Waals surface area contributed by atoms with Crippen molar-refractivity contribution in [3.8, 4) is 5.75 Å². The first-order valence-electron chi connectivity index (χ1n) is 7.60. The number of carbonyl (C=O) groups excluding carboxylic acids is 1. The molecule has 0 spiro atoms. The molecule has 3 N–H and O–H groups in total. The van der Waals surface area contributed by atoms with Crippen LogP contribution in [-0.4, -0.2) is 36.3 Å². The number of amides is 1. The molecule has 2 rings (SSSR count). The van der Waals surface area contributed by atoms with Crippen molar-refractivity contribution in [3.63, 3.8) is 0 Å². The summed E-state index contributed by atoms with van der Waals surface area (Å²) in [5, 5.41) is 15.5. The number of ether oxygens (including phenoxy) is 1. The monoisotopic (exact) mass is 341 g/mol. The molecule has 0 heterocycles. The van der Waals surface area contributed by atoms with Gasteiger partial charge in [-0.15, -0.1) is 0 Å². The topological polar surface area (TPSA) is 100 Å². The van der Waals surface area contributed by atoms with E-state index in [0.29, 0.717) is 11.3 Å². The van der Waals surface area contributed by atoms with Gasteiger partial charge in [0.15, 0.2) is 6.61 Å². The minimum atomic E-state index is -1.07. The van der Waals surface area contributed by atoms with Crippen LogP contribution in [0.5, 0.6) is 5.75 Å². The van der Waals surface area contributed by atoms with Crippen molar-refractivity contribution in [2.45, 2.75) is 6.92 Å². The molecule has 0 saturated carbocycles. The minimum absolute atomic E-state index is 0.0809. The molecule has 2 aromatic carbocycles. The quantitative estimate of drug-likeness (QED) is 0.504. The van der Waals surface area contributed by atoms with Crippen molar-refractivity contribution in [2.75, 3.05) is 18.5 Å². The average molecular weight is 341 g/mol. The molecule has 7 nitrogen and oxygen atoms in total. The molecule has 0 aliphatic rings. The molecule has 0 radical (unpaired) electrons. The van der Waals surface area contributed by atoms with Crippen molar-refractivity contribution in [1.29, 1.82) is 0 Å². The van der Waals surface area contributed by atoms with Gasteiger partial charge in [0, 0.05) is 11.3 Å². The number of hydrogen-bond acceptors (Lipinski definition) is 5. The molecule has 25 heavy (non-hydrogen) atoms. The maximum atomic E-state index is 11.8. The summed E-state index contributed by atoms with van der Waals surface area (Å²) in [5.41, 5.74) is 4.95. The zero-order valence-electron chi connectivity index (χ0n) is 13.7. The molecule has 0 atom stereocenters. The Labute approximate surface area is 145 Å². The van der Waals surface area contributed by atoms with Crippen molar-refractivity contribution >= 4 is 23.8 Å². The van der Waals surface area contributed by atoms with Gasteiger partial charge in [0.1, 0.15) is 5.75 Å². The lowest BCUT2D eigenvalue weighted by Gasteiger charge is -2.07. The maximum absolute atomic E-state index is 11.8. The summed E-state index contributed by atoms with van der Waals surface area (Å²) < 4.78 is 5.16. The molecular formula is C18H19N3O4. The normalized spacial score (nSPS) is 10.4. The summed E-state index contributed by atoms with van der Waals surface area (Å²) in [6.45, 7) is 1.62. The number of hydrazone groups is 1. The van der Waals surface area contributed by atoms with E-state index >= 15 is 0 Å². The number of aryl methyl sites for hydroxylation is 1. The number of carboxylic acid groups (broad SMARTS) is 1. The Balaban J connectivity index is 1.84. The lowest BCUT2D eigenvalue weighted by Crippen LogP contribution is -2.25. The Morgan fingerprint density at radius 2 is 1.88 bits per heavy atom. The lowest BCUT2D eigenvalue weighted by molar-refractivity contribution is -0.139. The largest absolute Gasteiger partial charge is 0.481 e. The fourth-order valence-corrected chi connectivity index (χ4v) is 1.93. The van der Waals surface area contributed by atoms with Gasteiger partial charge < -0.3 is 15.2 Å². The molecule has 0 aliphatic heterocycles. The Morgan fingerprint density at radius 1 is 1.16 bits per heavy atom. The first kappa shape index (κ1) is 18.0. The van der Waals surface area contributed by atoms with Gasteiger partial charge in [0.05, 0.1) is 12.8 Å². The third kappa shape index (κ3) is 6.34. The SMILES string of the molecule is Cc1ccc(NCC(=O)N/N=C/c2ccccc2OCC(=O)O)cc1. The summed E-state index contributed by atoms with van der Waals surface area (Å²) in [6, 6.07) is 14.5. The maximum Gasteiger partial charge on any atom is 0.341 e. The third-order valence-corrected chi connectivity index (χ3v) is 3.17. The second kappa shape index (κ2) is 9.07. The second-order valence-electron chi connectivity index (χ2n) is 5.23. The van der Waals surface area contributed by atoms with Gasteiger partial charge in [-0.3, -0.25) is 4.79 Å². The number of hydrogen-bond donors (Lipinski definition) is 3. The number of benzene rings is 2. The van der Waals surface area contributed by atoms with Crippen LogP contribution in [0.3, 0.4) is 0 Å². The highest BCUT2D eigenvalue weighted by Gasteiger charge is 2.04. The third-order valence-electron chi connectivity index (χ3n) is 3.17. The van der Waals surface area contributed by atoms with Gasteiger partial charge in [0.2, 0.25) is 0 Å². The van der Waals surface area contributed by atoms with Crippen LogP contribution >= 0.6 is 0 Å². The molecule has 0 aromatic heterocycles. The van der Waals surface area contributed by atoms with E-state index in [1.165, 1.54) is 6.21 Å². The number of para-hydroxylation sites is 1. The number of anilines is 1.